The standard InChI is InChI=1S/C14H17F2NO3/c15-11-7-9(14(19)20)8-12(16)13(11)17(5-6-18)10-3-1-2-4-10/h7-8,10,18H,1-6H2,(H,19,20). The fourth-order valence-electron chi connectivity index (χ4n) is 2.76. The van der Waals surface area contributed by atoms with E-state index in [1.807, 2.05) is 0 Å². The maximum Gasteiger partial charge on any atom is 0.335 e. The molecule has 2 N–H and O–H groups in total. The number of benzene rings is 1. The van der Waals surface area contributed by atoms with Gasteiger partial charge in [-0.25, -0.2) is 13.6 Å². The SMILES string of the molecule is O=C(O)c1cc(F)c(N(CCO)C2CCCC2)c(F)c1. The molecule has 0 radical (unpaired) electrons. The Kier molecular flexibility index (Phi) is 4.54. The van der Waals surface area contributed by atoms with E-state index in [2.05, 4.69) is 0 Å². The Morgan fingerprint density at radius 3 is 2.25 bits per heavy atom. The average molecular weight is 285 g/mol. The van der Waals surface area contributed by atoms with Gasteiger partial charge in [-0.15, -0.1) is 0 Å². The number of hydrogen-bond acceptors (Lipinski definition) is 3. The van der Waals surface area contributed by atoms with Crippen LogP contribution in [0.2, 0.25) is 0 Å². The second kappa shape index (κ2) is 6.17. The van der Waals surface area contributed by atoms with Gasteiger partial charge in [0.2, 0.25) is 0 Å². The van der Waals surface area contributed by atoms with Gasteiger partial charge in [-0.05, 0) is 25.0 Å². The predicted molar refractivity (Wildman–Crippen MR) is 70.0 cm³/mol. The molecule has 20 heavy (non-hydrogen) atoms. The average Bonchev–Trinajstić information content (AvgIpc) is 2.90. The molecule has 0 amide bonds. The monoisotopic (exact) mass is 285 g/mol. The highest BCUT2D eigenvalue weighted by atomic mass is 19.1. The summed E-state index contributed by atoms with van der Waals surface area (Å²) in [6.45, 7) is -0.0824. The predicted octanol–water partition coefficient (Wildman–Crippen LogP) is 2.40. The summed E-state index contributed by atoms with van der Waals surface area (Å²) in [5.74, 6) is -3.17. The van der Waals surface area contributed by atoms with Crippen LogP contribution in [-0.2, 0) is 0 Å². The third-order valence-electron chi connectivity index (χ3n) is 3.66. The van der Waals surface area contributed by atoms with Crippen LogP contribution in [0.5, 0.6) is 0 Å². The molecule has 0 aliphatic heterocycles. The number of aliphatic hydroxyl groups excluding tert-OH is 1. The minimum Gasteiger partial charge on any atom is -0.478 e. The quantitative estimate of drug-likeness (QED) is 0.872. The molecule has 0 aromatic heterocycles. The third kappa shape index (κ3) is 2.90. The normalized spacial score (nSPS) is 15.6. The van der Waals surface area contributed by atoms with Gasteiger partial charge in [0.25, 0.3) is 0 Å². The van der Waals surface area contributed by atoms with Gasteiger partial charge in [0, 0.05) is 12.6 Å². The number of aliphatic hydroxyl groups is 1. The molecule has 0 heterocycles. The van der Waals surface area contributed by atoms with Crippen molar-refractivity contribution in [3.05, 3.63) is 29.3 Å². The Bertz CT molecular complexity index is 478. The van der Waals surface area contributed by atoms with E-state index in [9.17, 15) is 13.6 Å². The van der Waals surface area contributed by atoms with Crippen molar-refractivity contribution >= 4 is 11.7 Å². The first-order chi connectivity index (χ1) is 9.54. The first-order valence-electron chi connectivity index (χ1n) is 6.64. The summed E-state index contributed by atoms with van der Waals surface area (Å²) in [5, 5.41) is 17.9. The maximum absolute atomic E-state index is 14.1. The van der Waals surface area contributed by atoms with Gasteiger partial charge in [-0.1, -0.05) is 12.8 Å². The minimum absolute atomic E-state index is 0.0122. The molecule has 0 bridgehead atoms. The van der Waals surface area contributed by atoms with Crippen LogP contribution in [0.3, 0.4) is 0 Å². The Morgan fingerprint density at radius 2 is 1.80 bits per heavy atom. The Labute approximate surface area is 115 Å². The van der Waals surface area contributed by atoms with Crippen LogP contribution in [0.4, 0.5) is 14.5 Å². The van der Waals surface area contributed by atoms with Gasteiger partial charge in [0.05, 0.1) is 12.2 Å². The number of rotatable bonds is 5. The van der Waals surface area contributed by atoms with Gasteiger partial charge >= 0.3 is 5.97 Å². The number of carboxylic acids is 1. The Morgan fingerprint density at radius 1 is 1.25 bits per heavy atom. The molecule has 1 aliphatic rings. The zero-order valence-corrected chi connectivity index (χ0v) is 11.0. The summed E-state index contributed by atoms with van der Waals surface area (Å²) >= 11 is 0. The van der Waals surface area contributed by atoms with E-state index in [4.69, 9.17) is 10.2 Å². The molecule has 6 heteroatoms. The van der Waals surface area contributed by atoms with Gasteiger partial charge in [-0.3, -0.25) is 0 Å². The van der Waals surface area contributed by atoms with E-state index in [0.717, 1.165) is 37.8 Å². The summed E-state index contributed by atoms with van der Waals surface area (Å²) in [7, 11) is 0. The summed E-state index contributed by atoms with van der Waals surface area (Å²) in [5.41, 5.74) is -0.657. The number of carbonyl (C=O) groups is 1. The van der Waals surface area contributed by atoms with Crippen LogP contribution in [0, 0.1) is 11.6 Å². The molecule has 1 saturated carbocycles. The van der Waals surface area contributed by atoms with E-state index >= 15 is 0 Å². The number of carboxylic acid groups (broad SMARTS) is 1. The molecule has 1 fully saturated rings. The highest BCUT2D eigenvalue weighted by molar-refractivity contribution is 5.88. The maximum atomic E-state index is 14.1. The molecule has 0 saturated heterocycles. The molecular formula is C14H17F2NO3. The van der Waals surface area contributed by atoms with Crippen molar-refractivity contribution in [1.29, 1.82) is 0 Å². The first-order valence-corrected chi connectivity index (χ1v) is 6.64. The first kappa shape index (κ1) is 14.7. The van der Waals surface area contributed by atoms with Crippen LogP contribution in [0.15, 0.2) is 12.1 Å². The van der Waals surface area contributed by atoms with Crippen molar-refractivity contribution < 1.29 is 23.8 Å². The van der Waals surface area contributed by atoms with Crippen molar-refractivity contribution in [3.8, 4) is 0 Å². The van der Waals surface area contributed by atoms with Crippen molar-refractivity contribution in [2.45, 2.75) is 31.7 Å². The number of hydrogen-bond donors (Lipinski definition) is 2. The third-order valence-corrected chi connectivity index (χ3v) is 3.66. The van der Waals surface area contributed by atoms with Gasteiger partial charge in [-0.2, -0.15) is 0 Å². The highest BCUT2D eigenvalue weighted by Crippen LogP contribution is 2.32. The van der Waals surface area contributed by atoms with E-state index in [1.54, 1.807) is 0 Å². The van der Waals surface area contributed by atoms with E-state index in [-0.39, 0.29) is 24.9 Å². The molecule has 1 aromatic carbocycles. The summed E-state index contributed by atoms with van der Waals surface area (Å²) in [6, 6.07) is 1.63. The van der Waals surface area contributed by atoms with Gasteiger partial charge < -0.3 is 15.1 Å². The van der Waals surface area contributed by atoms with Gasteiger partial charge in [0.1, 0.15) is 17.3 Å². The molecule has 0 unspecified atom stereocenters. The van der Waals surface area contributed by atoms with Crippen molar-refractivity contribution in [3.63, 3.8) is 0 Å². The fourth-order valence-corrected chi connectivity index (χ4v) is 2.76. The Balaban J connectivity index is 2.39. The minimum atomic E-state index is -1.37. The smallest absolute Gasteiger partial charge is 0.335 e. The van der Waals surface area contributed by atoms with Crippen LogP contribution in [0.1, 0.15) is 36.0 Å². The van der Waals surface area contributed by atoms with E-state index in [0.29, 0.717) is 0 Å². The molecule has 1 aliphatic carbocycles. The molecule has 0 atom stereocenters. The van der Waals surface area contributed by atoms with E-state index < -0.39 is 23.2 Å². The van der Waals surface area contributed by atoms with Crippen molar-refractivity contribution in [2.75, 3.05) is 18.1 Å². The zero-order chi connectivity index (χ0) is 14.7. The van der Waals surface area contributed by atoms with E-state index in [1.165, 1.54) is 4.90 Å². The van der Waals surface area contributed by atoms with Crippen LogP contribution < -0.4 is 4.90 Å². The molecular weight excluding hydrogens is 268 g/mol. The van der Waals surface area contributed by atoms with Crippen molar-refractivity contribution in [2.24, 2.45) is 0 Å². The lowest BCUT2D eigenvalue weighted by molar-refractivity contribution is 0.0695. The molecule has 0 spiro atoms. The topological polar surface area (TPSA) is 60.8 Å². The number of aromatic carboxylic acids is 1. The lowest BCUT2D eigenvalue weighted by Crippen LogP contribution is -2.37. The highest BCUT2D eigenvalue weighted by Gasteiger charge is 2.27. The molecule has 1 aromatic rings. The zero-order valence-electron chi connectivity index (χ0n) is 11.0. The van der Waals surface area contributed by atoms with Crippen LogP contribution in [0.25, 0.3) is 0 Å². The molecule has 110 valence electrons. The number of halogens is 2. The van der Waals surface area contributed by atoms with Crippen molar-refractivity contribution in [1.82, 2.24) is 0 Å². The second-order valence-corrected chi connectivity index (χ2v) is 4.95. The number of nitrogens with zero attached hydrogens (tertiary/aromatic N) is 1. The van der Waals surface area contributed by atoms with Crippen LogP contribution in [-0.4, -0.2) is 35.4 Å². The second-order valence-electron chi connectivity index (χ2n) is 4.95. The lowest BCUT2D eigenvalue weighted by Gasteiger charge is -2.31. The molecule has 2 rings (SSSR count). The molecule has 4 nitrogen and oxygen atoms in total. The number of anilines is 1. The fraction of sp³-hybridized carbons (Fsp3) is 0.500. The summed E-state index contributed by atoms with van der Waals surface area (Å²) < 4.78 is 28.1. The summed E-state index contributed by atoms with van der Waals surface area (Å²) in [6.07, 6.45) is 3.62. The summed E-state index contributed by atoms with van der Waals surface area (Å²) in [4.78, 5) is 12.3. The lowest BCUT2D eigenvalue weighted by atomic mass is 10.1. The van der Waals surface area contributed by atoms with Crippen LogP contribution >= 0.6 is 0 Å². The van der Waals surface area contributed by atoms with Gasteiger partial charge in [0.15, 0.2) is 0 Å². The largest absolute Gasteiger partial charge is 0.478 e. The Hall–Kier alpha value is -1.69.